The normalized spacial score (nSPS) is 18.6. The molecule has 2 aliphatic rings. The van der Waals surface area contributed by atoms with Crippen molar-refractivity contribution < 1.29 is 14.0 Å². The molecule has 1 saturated heterocycles. The molecule has 8 nitrogen and oxygen atoms in total. The summed E-state index contributed by atoms with van der Waals surface area (Å²) in [6.07, 6.45) is 3.80. The zero-order valence-corrected chi connectivity index (χ0v) is 16.3. The van der Waals surface area contributed by atoms with Gasteiger partial charge in [0.15, 0.2) is 10.9 Å². The summed E-state index contributed by atoms with van der Waals surface area (Å²) in [5.74, 6) is 1.20. The van der Waals surface area contributed by atoms with E-state index in [4.69, 9.17) is 4.42 Å². The molecule has 0 spiro atoms. The van der Waals surface area contributed by atoms with Crippen LogP contribution in [0.5, 0.6) is 0 Å². The number of hydrogen-bond donors (Lipinski definition) is 0. The van der Waals surface area contributed by atoms with Gasteiger partial charge in [-0.1, -0.05) is 11.8 Å². The van der Waals surface area contributed by atoms with Crippen molar-refractivity contribution >= 4 is 23.6 Å². The van der Waals surface area contributed by atoms with Gasteiger partial charge in [-0.15, -0.1) is 10.2 Å². The Labute approximate surface area is 161 Å². The molecule has 0 bridgehead atoms. The fourth-order valence-electron chi connectivity index (χ4n) is 3.34. The van der Waals surface area contributed by atoms with Crippen LogP contribution in [-0.4, -0.2) is 67.8 Å². The Balaban J connectivity index is 1.33. The highest BCUT2D eigenvalue weighted by Gasteiger charge is 2.32. The topological polar surface area (TPSA) is 84.5 Å². The second kappa shape index (κ2) is 7.38. The Morgan fingerprint density at radius 3 is 2.52 bits per heavy atom. The van der Waals surface area contributed by atoms with Gasteiger partial charge >= 0.3 is 0 Å². The average Bonchev–Trinajstić information content (AvgIpc) is 3.22. The highest BCUT2D eigenvalue weighted by atomic mass is 32.2. The molecule has 4 rings (SSSR count). The van der Waals surface area contributed by atoms with Crippen molar-refractivity contribution in [3.05, 3.63) is 30.0 Å². The van der Waals surface area contributed by atoms with Gasteiger partial charge in [0.1, 0.15) is 5.82 Å². The minimum atomic E-state index is -0.238. The summed E-state index contributed by atoms with van der Waals surface area (Å²) in [5, 5.41) is 9.00. The molecule has 2 aromatic heterocycles. The number of rotatable bonds is 5. The fraction of sp³-hybridized carbons (Fsp3) is 0.556. The molecule has 1 aliphatic carbocycles. The van der Waals surface area contributed by atoms with Gasteiger partial charge in [0, 0.05) is 32.2 Å². The lowest BCUT2D eigenvalue weighted by molar-refractivity contribution is -0.131. The Kier molecular flexibility index (Phi) is 4.94. The maximum Gasteiger partial charge on any atom is 0.289 e. The lowest BCUT2D eigenvalue weighted by Gasteiger charge is -2.35. The minimum Gasteiger partial charge on any atom is -0.459 e. The number of nitrogens with zero attached hydrogens (tertiary/aromatic N) is 5. The fourth-order valence-corrected chi connectivity index (χ4v) is 4.38. The predicted molar refractivity (Wildman–Crippen MR) is 99.5 cm³/mol. The number of thioether (sulfide) groups is 1. The molecule has 3 heterocycles. The molecule has 144 valence electrons. The van der Waals surface area contributed by atoms with E-state index in [1.807, 2.05) is 18.7 Å². The third-order valence-corrected chi connectivity index (χ3v) is 6.03. The zero-order valence-electron chi connectivity index (χ0n) is 15.5. The smallest absolute Gasteiger partial charge is 0.289 e. The van der Waals surface area contributed by atoms with E-state index in [2.05, 4.69) is 14.8 Å². The largest absolute Gasteiger partial charge is 0.459 e. The van der Waals surface area contributed by atoms with Crippen molar-refractivity contribution in [1.82, 2.24) is 24.6 Å². The van der Waals surface area contributed by atoms with Gasteiger partial charge in [0.05, 0.1) is 11.5 Å². The maximum atomic E-state index is 12.8. The van der Waals surface area contributed by atoms with E-state index < -0.39 is 0 Å². The average molecular weight is 389 g/mol. The van der Waals surface area contributed by atoms with Crippen molar-refractivity contribution in [3.8, 4) is 0 Å². The molecule has 27 heavy (non-hydrogen) atoms. The highest BCUT2D eigenvalue weighted by Crippen LogP contribution is 2.39. The molecule has 2 fully saturated rings. The van der Waals surface area contributed by atoms with Gasteiger partial charge in [-0.05, 0) is 38.8 Å². The number of carbonyl (C=O) groups excluding carboxylic acids is 2. The Bertz CT molecular complexity index is 822. The van der Waals surface area contributed by atoms with Crippen LogP contribution in [0.25, 0.3) is 0 Å². The molecule has 2 aromatic rings. The molecule has 1 aliphatic heterocycles. The summed E-state index contributed by atoms with van der Waals surface area (Å²) in [6.45, 7) is 5.96. The monoisotopic (exact) mass is 389 g/mol. The Hall–Kier alpha value is -2.29. The first kappa shape index (κ1) is 18.1. The number of aryl methyl sites for hydroxylation is 1. The van der Waals surface area contributed by atoms with Gasteiger partial charge in [-0.3, -0.25) is 9.59 Å². The predicted octanol–water partition coefficient (Wildman–Crippen LogP) is 1.98. The van der Waals surface area contributed by atoms with Crippen LogP contribution in [0, 0.1) is 6.92 Å². The minimum absolute atomic E-state index is 0.0769. The number of furan rings is 1. The van der Waals surface area contributed by atoms with Crippen LogP contribution in [0.1, 0.15) is 42.2 Å². The molecule has 9 heteroatoms. The van der Waals surface area contributed by atoms with Crippen LogP contribution in [0.4, 0.5) is 0 Å². The third-order valence-electron chi connectivity index (χ3n) is 4.99. The van der Waals surface area contributed by atoms with E-state index in [0.717, 1.165) is 23.8 Å². The standard InChI is InChI=1S/C18H23N5O3S/c1-12(27-18-20-19-13(2)23(18)14-5-6-14)16(24)21-7-9-22(10-8-21)17(25)15-4-3-11-26-15/h3-4,11-12,14H,5-10H2,1-2H3. The number of hydrogen-bond acceptors (Lipinski definition) is 6. The van der Waals surface area contributed by atoms with E-state index in [1.54, 1.807) is 17.0 Å². The van der Waals surface area contributed by atoms with E-state index in [-0.39, 0.29) is 17.1 Å². The molecule has 1 saturated carbocycles. The van der Waals surface area contributed by atoms with Crippen molar-refractivity contribution in [2.45, 2.75) is 43.1 Å². The molecule has 0 N–H and O–H groups in total. The van der Waals surface area contributed by atoms with Crippen LogP contribution in [-0.2, 0) is 4.79 Å². The second-order valence-corrected chi connectivity index (χ2v) is 8.29. The third kappa shape index (κ3) is 3.73. The maximum absolute atomic E-state index is 12.8. The van der Waals surface area contributed by atoms with Crippen LogP contribution < -0.4 is 0 Å². The summed E-state index contributed by atoms with van der Waals surface area (Å²) in [4.78, 5) is 28.7. The van der Waals surface area contributed by atoms with Crippen LogP contribution >= 0.6 is 11.8 Å². The summed E-state index contributed by atoms with van der Waals surface area (Å²) in [5.41, 5.74) is 0. The zero-order chi connectivity index (χ0) is 19.0. The first-order valence-corrected chi connectivity index (χ1v) is 10.1. The number of aromatic nitrogens is 3. The van der Waals surface area contributed by atoms with Crippen molar-refractivity contribution in [3.63, 3.8) is 0 Å². The second-order valence-electron chi connectivity index (χ2n) is 6.99. The molecule has 1 atom stereocenters. The molecule has 0 radical (unpaired) electrons. The lowest BCUT2D eigenvalue weighted by Crippen LogP contribution is -2.52. The molecular formula is C18H23N5O3S. The van der Waals surface area contributed by atoms with E-state index >= 15 is 0 Å². The molecule has 0 aromatic carbocycles. The van der Waals surface area contributed by atoms with Crippen molar-refractivity contribution in [2.24, 2.45) is 0 Å². The van der Waals surface area contributed by atoms with Gasteiger partial charge in [0.2, 0.25) is 5.91 Å². The quantitative estimate of drug-likeness (QED) is 0.727. The first-order valence-electron chi connectivity index (χ1n) is 9.24. The summed E-state index contributed by atoms with van der Waals surface area (Å²) < 4.78 is 7.32. The SMILES string of the molecule is Cc1nnc(SC(C)C(=O)N2CCN(C(=O)c3ccco3)CC2)n1C1CC1. The van der Waals surface area contributed by atoms with Crippen molar-refractivity contribution in [1.29, 1.82) is 0 Å². The number of amides is 2. The number of carbonyl (C=O) groups is 2. The highest BCUT2D eigenvalue weighted by molar-refractivity contribution is 8.00. The molecule has 1 unspecified atom stereocenters. The van der Waals surface area contributed by atoms with E-state index in [0.29, 0.717) is 38.0 Å². The molecule has 2 amide bonds. The summed E-state index contributed by atoms with van der Waals surface area (Å²) in [7, 11) is 0. The van der Waals surface area contributed by atoms with Gasteiger partial charge in [-0.25, -0.2) is 0 Å². The van der Waals surface area contributed by atoms with Gasteiger partial charge in [0.25, 0.3) is 5.91 Å². The van der Waals surface area contributed by atoms with Crippen LogP contribution in [0.2, 0.25) is 0 Å². The Morgan fingerprint density at radius 1 is 1.19 bits per heavy atom. The van der Waals surface area contributed by atoms with Crippen LogP contribution in [0.15, 0.2) is 28.0 Å². The van der Waals surface area contributed by atoms with E-state index in [9.17, 15) is 9.59 Å². The van der Waals surface area contributed by atoms with Gasteiger partial charge < -0.3 is 18.8 Å². The Morgan fingerprint density at radius 2 is 1.89 bits per heavy atom. The summed E-state index contributed by atoms with van der Waals surface area (Å²) >= 11 is 1.47. The lowest BCUT2D eigenvalue weighted by atomic mass is 10.2. The molecular weight excluding hydrogens is 366 g/mol. The van der Waals surface area contributed by atoms with E-state index in [1.165, 1.54) is 18.0 Å². The first-order chi connectivity index (χ1) is 13.0. The van der Waals surface area contributed by atoms with Gasteiger partial charge in [-0.2, -0.15) is 0 Å². The van der Waals surface area contributed by atoms with Crippen LogP contribution in [0.3, 0.4) is 0 Å². The van der Waals surface area contributed by atoms with Crippen molar-refractivity contribution in [2.75, 3.05) is 26.2 Å². The summed E-state index contributed by atoms with van der Waals surface area (Å²) in [6, 6.07) is 3.85. The number of piperazine rings is 1.